The molecular formula is C21H19N3O3. The summed E-state index contributed by atoms with van der Waals surface area (Å²) in [6, 6.07) is 16.2. The van der Waals surface area contributed by atoms with Gasteiger partial charge >= 0.3 is 0 Å². The van der Waals surface area contributed by atoms with Crippen LogP contribution in [0.15, 0.2) is 59.4 Å². The third-order valence-corrected chi connectivity index (χ3v) is 4.59. The van der Waals surface area contributed by atoms with Crippen LogP contribution in [0.3, 0.4) is 0 Å². The van der Waals surface area contributed by atoms with Gasteiger partial charge in [-0.3, -0.25) is 14.4 Å². The van der Waals surface area contributed by atoms with Crippen molar-refractivity contribution in [1.29, 1.82) is 0 Å². The van der Waals surface area contributed by atoms with Gasteiger partial charge < -0.3 is 15.6 Å². The Bertz CT molecular complexity index is 1080. The van der Waals surface area contributed by atoms with Gasteiger partial charge in [0.25, 0.3) is 11.5 Å². The molecule has 136 valence electrons. The maximum Gasteiger partial charge on any atom is 0.268 e. The van der Waals surface area contributed by atoms with E-state index in [0.29, 0.717) is 11.9 Å². The Labute approximate surface area is 155 Å². The Balaban J connectivity index is 1.44. The van der Waals surface area contributed by atoms with Crippen LogP contribution < -0.4 is 16.2 Å². The van der Waals surface area contributed by atoms with Gasteiger partial charge in [0.2, 0.25) is 5.91 Å². The van der Waals surface area contributed by atoms with Gasteiger partial charge in [-0.05, 0) is 48.1 Å². The van der Waals surface area contributed by atoms with Gasteiger partial charge in [-0.2, -0.15) is 0 Å². The Hall–Kier alpha value is -3.41. The Morgan fingerprint density at radius 3 is 2.67 bits per heavy atom. The summed E-state index contributed by atoms with van der Waals surface area (Å²) < 4.78 is 0. The molecule has 4 rings (SSSR count). The minimum atomic E-state index is -0.356. The molecule has 3 N–H and O–H groups in total. The summed E-state index contributed by atoms with van der Waals surface area (Å²) in [6.07, 6.45) is 1.90. The first-order chi connectivity index (χ1) is 13.1. The molecule has 0 radical (unpaired) electrons. The molecule has 1 aliphatic carbocycles. The molecule has 2 aromatic carbocycles. The quantitative estimate of drug-likeness (QED) is 0.653. The standard InChI is InChI=1S/C21H19N3O3/c25-19(14-8-9-14)23-16-6-3-4-13(10-16)12-22-21(27)18-11-15-5-1-2-7-17(15)20(26)24-18/h1-7,10-11,14H,8-9,12H2,(H,22,27)(H,23,25)(H,24,26). The van der Waals surface area contributed by atoms with Crippen molar-refractivity contribution in [2.45, 2.75) is 19.4 Å². The molecular weight excluding hydrogens is 342 g/mol. The van der Waals surface area contributed by atoms with Gasteiger partial charge in [0, 0.05) is 23.5 Å². The van der Waals surface area contributed by atoms with Gasteiger partial charge in [0.05, 0.1) is 0 Å². The van der Waals surface area contributed by atoms with Crippen LogP contribution in [0, 0.1) is 5.92 Å². The number of H-pyrrole nitrogens is 1. The fourth-order valence-corrected chi connectivity index (χ4v) is 2.96. The van der Waals surface area contributed by atoms with Crippen LogP contribution >= 0.6 is 0 Å². The fourth-order valence-electron chi connectivity index (χ4n) is 2.96. The van der Waals surface area contributed by atoms with Crippen molar-refractivity contribution in [2.24, 2.45) is 5.92 Å². The number of nitrogens with one attached hydrogen (secondary N) is 3. The lowest BCUT2D eigenvalue weighted by Crippen LogP contribution is -2.26. The third kappa shape index (κ3) is 3.89. The molecule has 27 heavy (non-hydrogen) atoms. The van der Waals surface area contributed by atoms with Gasteiger partial charge in [-0.25, -0.2) is 0 Å². The highest BCUT2D eigenvalue weighted by Gasteiger charge is 2.29. The van der Waals surface area contributed by atoms with E-state index in [1.165, 1.54) is 0 Å². The summed E-state index contributed by atoms with van der Waals surface area (Å²) >= 11 is 0. The number of benzene rings is 2. The second-order valence-electron chi connectivity index (χ2n) is 6.75. The number of carbonyl (C=O) groups excluding carboxylic acids is 2. The number of carbonyl (C=O) groups is 2. The van der Waals surface area contributed by atoms with Crippen LogP contribution in [-0.2, 0) is 11.3 Å². The summed E-state index contributed by atoms with van der Waals surface area (Å²) in [5.74, 6) is -0.173. The summed E-state index contributed by atoms with van der Waals surface area (Å²) in [6.45, 7) is 0.292. The van der Waals surface area contributed by atoms with E-state index in [1.54, 1.807) is 24.3 Å². The Morgan fingerprint density at radius 2 is 1.85 bits per heavy atom. The number of hydrogen-bond acceptors (Lipinski definition) is 3. The first-order valence-corrected chi connectivity index (χ1v) is 8.90. The monoisotopic (exact) mass is 361 g/mol. The van der Waals surface area contributed by atoms with E-state index in [0.717, 1.165) is 29.5 Å². The van der Waals surface area contributed by atoms with Crippen LogP contribution in [0.1, 0.15) is 28.9 Å². The first kappa shape index (κ1) is 17.0. The Morgan fingerprint density at radius 1 is 1.04 bits per heavy atom. The number of anilines is 1. The molecule has 6 heteroatoms. The average molecular weight is 361 g/mol. The molecule has 2 amide bonds. The lowest BCUT2D eigenvalue weighted by molar-refractivity contribution is -0.117. The van der Waals surface area contributed by atoms with Crippen molar-refractivity contribution in [1.82, 2.24) is 10.3 Å². The van der Waals surface area contributed by atoms with Gasteiger partial charge in [0.1, 0.15) is 5.69 Å². The van der Waals surface area contributed by atoms with E-state index in [4.69, 9.17) is 0 Å². The molecule has 0 aliphatic heterocycles. The second kappa shape index (κ2) is 7.07. The highest BCUT2D eigenvalue weighted by molar-refractivity contribution is 5.96. The van der Waals surface area contributed by atoms with Gasteiger partial charge in [-0.1, -0.05) is 30.3 Å². The van der Waals surface area contributed by atoms with Crippen molar-refractivity contribution >= 4 is 28.3 Å². The van der Waals surface area contributed by atoms with Crippen LogP contribution in [0.5, 0.6) is 0 Å². The maximum absolute atomic E-state index is 12.4. The molecule has 1 fully saturated rings. The van der Waals surface area contributed by atoms with Crippen LogP contribution in [0.2, 0.25) is 0 Å². The van der Waals surface area contributed by atoms with Crippen LogP contribution in [-0.4, -0.2) is 16.8 Å². The smallest absolute Gasteiger partial charge is 0.268 e. The zero-order valence-electron chi connectivity index (χ0n) is 14.6. The SMILES string of the molecule is O=C(NCc1cccc(NC(=O)C2CC2)c1)c1cc2ccccc2c(=O)[nH]1. The first-order valence-electron chi connectivity index (χ1n) is 8.90. The summed E-state index contributed by atoms with van der Waals surface area (Å²) in [5, 5.41) is 6.96. The molecule has 1 aliphatic rings. The Kier molecular flexibility index (Phi) is 4.46. The molecule has 1 aromatic heterocycles. The minimum absolute atomic E-state index is 0.0462. The lowest BCUT2D eigenvalue weighted by atomic mass is 10.1. The molecule has 1 heterocycles. The zero-order chi connectivity index (χ0) is 18.8. The van der Waals surface area contributed by atoms with E-state index in [1.807, 2.05) is 30.3 Å². The highest BCUT2D eigenvalue weighted by atomic mass is 16.2. The van der Waals surface area contributed by atoms with Crippen molar-refractivity contribution in [3.63, 3.8) is 0 Å². The highest BCUT2D eigenvalue weighted by Crippen LogP contribution is 2.30. The van der Waals surface area contributed by atoms with Crippen LogP contribution in [0.4, 0.5) is 5.69 Å². The van der Waals surface area contributed by atoms with Crippen molar-refractivity contribution in [3.8, 4) is 0 Å². The van der Waals surface area contributed by atoms with E-state index in [9.17, 15) is 14.4 Å². The topological polar surface area (TPSA) is 91.1 Å². The number of rotatable bonds is 5. The zero-order valence-corrected chi connectivity index (χ0v) is 14.6. The third-order valence-electron chi connectivity index (χ3n) is 4.59. The molecule has 3 aromatic rings. The molecule has 1 saturated carbocycles. The largest absolute Gasteiger partial charge is 0.347 e. The minimum Gasteiger partial charge on any atom is -0.347 e. The van der Waals surface area contributed by atoms with E-state index in [-0.39, 0.29) is 29.0 Å². The molecule has 6 nitrogen and oxygen atoms in total. The predicted molar refractivity (Wildman–Crippen MR) is 104 cm³/mol. The number of amides is 2. The fraction of sp³-hybridized carbons (Fsp3) is 0.190. The van der Waals surface area contributed by atoms with E-state index >= 15 is 0 Å². The predicted octanol–water partition coefficient (Wildman–Crippen LogP) is 2.81. The van der Waals surface area contributed by atoms with Crippen molar-refractivity contribution in [3.05, 3.63) is 76.2 Å². The number of aromatic amines is 1. The second-order valence-corrected chi connectivity index (χ2v) is 6.75. The maximum atomic E-state index is 12.4. The average Bonchev–Trinajstić information content (AvgIpc) is 3.52. The van der Waals surface area contributed by atoms with Crippen molar-refractivity contribution < 1.29 is 9.59 Å². The molecule has 0 atom stereocenters. The van der Waals surface area contributed by atoms with Gasteiger partial charge in [-0.15, -0.1) is 0 Å². The number of aromatic nitrogens is 1. The van der Waals surface area contributed by atoms with E-state index < -0.39 is 0 Å². The van der Waals surface area contributed by atoms with Crippen LogP contribution in [0.25, 0.3) is 10.8 Å². The molecule has 0 spiro atoms. The molecule has 0 saturated heterocycles. The molecule has 0 unspecified atom stereocenters. The summed E-state index contributed by atoms with van der Waals surface area (Å²) in [5.41, 5.74) is 1.51. The van der Waals surface area contributed by atoms with E-state index in [2.05, 4.69) is 15.6 Å². The van der Waals surface area contributed by atoms with Crippen molar-refractivity contribution in [2.75, 3.05) is 5.32 Å². The normalized spacial score (nSPS) is 13.3. The summed E-state index contributed by atoms with van der Waals surface area (Å²) in [4.78, 5) is 39.0. The summed E-state index contributed by atoms with van der Waals surface area (Å²) in [7, 11) is 0. The van der Waals surface area contributed by atoms with Gasteiger partial charge in [0.15, 0.2) is 0 Å². The number of pyridine rings is 1. The number of hydrogen-bond donors (Lipinski definition) is 3. The number of fused-ring (bicyclic) bond motifs is 1. The molecule has 0 bridgehead atoms. The lowest BCUT2D eigenvalue weighted by Gasteiger charge is -2.09.